The zero-order chi connectivity index (χ0) is 12.9. The van der Waals surface area contributed by atoms with E-state index in [0.29, 0.717) is 13.0 Å². The Morgan fingerprint density at radius 2 is 2.24 bits per heavy atom. The second kappa shape index (κ2) is 6.36. The highest BCUT2D eigenvalue weighted by atomic mass is 16.5. The summed E-state index contributed by atoms with van der Waals surface area (Å²) >= 11 is 0. The van der Waals surface area contributed by atoms with Gasteiger partial charge in [-0.05, 0) is 32.7 Å². The third kappa shape index (κ3) is 5.04. The Morgan fingerprint density at radius 3 is 2.71 bits per heavy atom. The van der Waals surface area contributed by atoms with E-state index in [1.54, 1.807) is 6.92 Å². The molecule has 17 heavy (non-hydrogen) atoms. The minimum atomic E-state index is -0.881. The van der Waals surface area contributed by atoms with Crippen molar-refractivity contribution in [2.45, 2.75) is 58.1 Å². The van der Waals surface area contributed by atoms with Crippen molar-refractivity contribution in [1.82, 2.24) is 5.32 Å². The molecule has 0 amide bonds. The molecule has 0 heterocycles. The molecule has 2 N–H and O–H groups in total. The van der Waals surface area contributed by atoms with Gasteiger partial charge in [-0.1, -0.05) is 19.8 Å². The van der Waals surface area contributed by atoms with Gasteiger partial charge in [-0.2, -0.15) is 0 Å². The predicted molar refractivity (Wildman–Crippen MR) is 67.1 cm³/mol. The highest BCUT2D eigenvalue weighted by Gasteiger charge is 2.34. The summed E-state index contributed by atoms with van der Waals surface area (Å²) in [4.78, 5) is 11.2. The van der Waals surface area contributed by atoms with Gasteiger partial charge in [0.05, 0.1) is 6.10 Å². The lowest BCUT2D eigenvalue weighted by atomic mass is 9.95. The van der Waals surface area contributed by atoms with Crippen molar-refractivity contribution < 1.29 is 14.6 Å². The molecular weight excluding hydrogens is 218 g/mol. The molecule has 2 unspecified atom stereocenters. The third-order valence-electron chi connectivity index (χ3n) is 3.36. The van der Waals surface area contributed by atoms with Crippen LogP contribution in [0, 0.1) is 5.92 Å². The van der Waals surface area contributed by atoms with E-state index in [0.717, 1.165) is 18.9 Å². The largest absolute Gasteiger partial charge is 0.480 e. The first-order valence-electron chi connectivity index (χ1n) is 6.58. The zero-order valence-corrected chi connectivity index (χ0v) is 11.2. The van der Waals surface area contributed by atoms with Gasteiger partial charge in [0.2, 0.25) is 0 Å². The number of likely N-dealkylation sites (N-methyl/N-ethyl adjacent to an activating group) is 1. The Morgan fingerprint density at radius 1 is 1.59 bits per heavy atom. The zero-order valence-electron chi connectivity index (χ0n) is 11.2. The molecule has 0 bridgehead atoms. The summed E-state index contributed by atoms with van der Waals surface area (Å²) in [5, 5.41) is 12.2. The molecule has 0 radical (unpaired) electrons. The number of carbonyl (C=O) groups is 1. The lowest BCUT2D eigenvalue weighted by Crippen LogP contribution is -2.51. The minimum Gasteiger partial charge on any atom is -0.480 e. The third-order valence-corrected chi connectivity index (χ3v) is 3.36. The summed E-state index contributed by atoms with van der Waals surface area (Å²) in [6.07, 6.45) is 4.27. The molecule has 100 valence electrons. The van der Waals surface area contributed by atoms with Gasteiger partial charge in [-0.3, -0.25) is 4.79 Å². The molecule has 0 aromatic heterocycles. The minimum absolute atomic E-state index is 0.0195. The summed E-state index contributed by atoms with van der Waals surface area (Å²) in [7, 11) is 0. The van der Waals surface area contributed by atoms with Gasteiger partial charge in [0.15, 0.2) is 0 Å². The summed E-state index contributed by atoms with van der Waals surface area (Å²) < 4.78 is 5.68. The molecule has 0 aromatic carbocycles. The van der Waals surface area contributed by atoms with Crippen LogP contribution in [0.25, 0.3) is 0 Å². The molecule has 2 atom stereocenters. The van der Waals surface area contributed by atoms with Gasteiger partial charge in [0, 0.05) is 13.0 Å². The van der Waals surface area contributed by atoms with Gasteiger partial charge >= 0.3 is 5.97 Å². The monoisotopic (exact) mass is 243 g/mol. The summed E-state index contributed by atoms with van der Waals surface area (Å²) in [5.41, 5.74) is -0.881. The first-order chi connectivity index (χ1) is 7.98. The fraction of sp³-hybridized carbons (Fsp3) is 0.923. The van der Waals surface area contributed by atoms with Gasteiger partial charge < -0.3 is 15.2 Å². The average Bonchev–Trinajstić information content (AvgIpc) is 3.01. The Bertz CT molecular complexity index is 253. The Hall–Kier alpha value is -0.610. The number of ether oxygens (including phenoxy) is 1. The summed E-state index contributed by atoms with van der Waals surface area (Å²) in [5.74, 6) is 0.0545. The van der Waals surface area contributed by atoms with Crippen LogP contribution in [0.2, 0.25) is 0 Å². The van der Waals surface area contributed by atoms with Crippen LogP contribution in [-0.2, 0) is 9.53 Å². The average molecular weight is 243 g/mol. The normalized spacial score (nSPS) is 20.9. The van der Waals surface area contributed by atoms with Crippen molar-refractivity contribution in [1.29, 1.82) is 0 Å². The highest BCUT2D eigenvalue weighted by molar-refractivity contribution is 5.78. The molecule has 1 rings (SSSR count). The Balaban J connectivity index is 2.28. The molecule has 0 aliphatic heterocycles. The van der Waals surface area contributed by atoms with E-state index >= 15 is 0 Å². The smallest absolute Gasteiger partial charge is 0.323 e. The van der Waals surface area contributed by atoms with E-state index in [1.165, 1.54) is 12.8 Å². The number of carboxylic acid groups (broad SMARTS) is 1. The van der Waals surface area contributed by atoms with E-state index < -0.39 is 11.5 Å². The van der Waals surface area contributed by atoms with Crippen LogP contribution in [0.1, 0.15) is 46.5 Å². The highest BCUT2D eigenvalue weighted by Crippen LogP contribution is 2.32. The molecule has 0 spiro atoms. The number of nitrogens with one attached hydrogen (secondary N) is 1. The Labute approximate surface area is 104 Å². The molecular formula is C13H25NO3. The van der Waals surface area contributed by atoms with E-state index in [-0.39, 0.29) is 6.10 Å². The van der Waals surface area contributed by atoms with Crippen molar-refractivity contribution in [3.05, 3.63) is 0 Å². The lowest BCUT2D eigenvalue weighted by Gasteiger charge is -2.28. The van der Waals surface area contributed by atoms with Gasteiger partial charge in [-0.25, -0.2) is 0 Å². The SMILES string of the molecule is CCNC(C)(CC(C)OCCC1CC1)C(=O)O. The van der Waals surface area contributed by atoms with Gasteiger partial charge in [-0.15, -0.1) is 0 Å². The maximum absolute atomic E-state index is 11.2. The molecule has 1 saturated carbocycles. The molecule has 4 nitrogen and oxygen atoms in total. The van der Waals surface area contributed by atoms with Crippen molar-refractivity contribution in [3.63, 3.8) is 0 Å². The van der Waals surface area contributed by atoms with E-state index in [2.05, 4.69) is 5.32 Å². The van der Waals surface area contributed by atoms with Gasteiger partial charge in [0.1, 0.15) is 5.54 Å². The van der Waals surface area contributed by atoms with Crippen molar-refractivity contribution in [2.75, 3.05) is 13.2 Å². The van der Waals surface area contributed by atoms with E-state index in [1.807, 2.05) is 13.8 Å². The number of hydrogen-bond acceptors (Lipinski definition) is 3. The first kappa shape index (κ1) is 14.5. The number of aliphatic carboxylic acids is 1. The lowest BCUT2D eigenvalue weighted by molar-refractivity contribution is -0.145. The van der Waals surface area contributed by atoms with E-state index in [9.17, 15) is 9.90 Å². The second-order valence-electron chi connectivity index (χ2n) is 5.29. The molecule has 1 aliphatic rings. The van der Waals surface area contributed by atoms with Crippen LogP contribution in [0.5, 0.6) is 0 Å². The maximum atomic E-state index is 11.2. The van der Waals surface area contributed by atoms with Crippen molar-refractivity contribution in [2.24, 2.45) is 5.92 Å². The Kier molecular flexibility index (Phi) is 5.40. The van der Waals surface area contributed by atoms with Crippen LogP contribution in [0.3, 0.4) is 0 Å². The summed E-state index contributed by atoms with van der Waals surface area (Å²) in [6.45, 7) is 7.00. The maximum Gasteiger partial charge on any atom is 0.323 e. The van der Waals surface area contributed by atoms with Crippen LogP contribution >= 0.6 is 0 Å². The summed E-state index contributed by atoms with van der Waals surface area (Å²) in [6, 6.07) is 0. The fourth-order valence-corrected chi connectivity index (χ4v) is 2.10. The topological polar surface area (TPSA) is 58.6 Å². The first-order valence-corrected chi connectivity index (χ1v) is 6.58. The second-order valence-corrected chi connectivity index (χ2v) is 5.29. The van der Waals surface area contributed by atoms with Crippen molar-refractivity contribution in [3.8, 4) is 0 Å². The van der Waals surface area contributed by atoms with E-state index in [4.69, 9.17) is 4.74 Å². The molecule has 4 heteroatoms. The van der Waals surface area contributed by atoms with Gasteiger partial charge in [0.25, 0.3) is 0 Å². The number of rotatable bonds is 9. The predicted octanol–water partition coefficient (Wildman–Crippen LogP) is 2.03. The van der Waals surface area contributed by atoms with Crippen molar-refractivity contribution >= 4 is 5.97 Å². The van der Waals surface area contributed by atoms with Crippen LogP contribution in [0.15, 0.2) is 0 Å². The van der Waals surface area contributed by atoms with Crippen LogP contribution < -0.4 is 5.32 Å². The molecule has 1 aliphatic carbocycles. The van der Waals surface area contributed by atoms with Crippen LogP contribution in [-0.4, -0.2) is 35.9 Å². The number of hydrogen-bond donors (Lipinski definition) is 2. The molecule has 0 aromatic rings. The quantitative estimate of drug-likeness (QED) is 0.650. The number of carboxylic acids is 1. The molecule has 0 saturated heterocycles. The molecule has 1 fully saturated rings. The van der Waals surface area contributed by atoms with Crippen LogP contribution in [0.4, 0.5) is 0 Å². The fourth-order valence-electron chi connectivity index (χ4n) is 2.10. The standard InChI is InChI=1S/C13H25NO3/c1-4-14-13(3,12(15)16)9-10(2)17-8-7-11-5-6-11/h10-11,14H,4-9H2,1-3H3,(H,15,16).